The number of carboxylic acid groups (broad SMARTS) is 1. The Morgan fingerprint density at radius 1 is 1.12 bits per heavy atom. The molecule has 0 bridgehead atoms. The lowest BCUT2D eigenvalue weighted by Gasteiger charge is -2.10. The van der Waals surface area contributed by atoms with Crippen LogP contribution in [0.5, 0.6) is 0 Å². The number of carbonyl (C=O) groups excluding carboxylic acids is 1. The average Bonchev–Trinajstić information content (AvgIpc) is 2.52. The molecule has 0 heterocycles. The predicted octanol–water partition coefficient (Wildman–Crippen LogP) is 2.26. The van der Waals surface area contributed by atoms with Crippen molar-refractivity contribution in [3.8, 4) is 0 Å². The maximum absolute atomic E-state index is 12.4. The summed E-state index contributed by atoms with van der Waals surface area (Å²) in [4.78, 5) is 22.1. The number of benzene rings is 2. The van der Waals surface area contributed by atoms with Crippen LogP contribution in [0.15, 0.2) is 47.4 Å². The normalized spacial score (nSPS) is 11.0. The number of halogens is 1. The van der Waals surface area contributed by atoms with Gasteiger partial charge in [0.05, 0.1) is 5.02 Å². The Balaban J connectivity index is 2.15. The van der Waals surface area contributed by atoms with Crippen LogP contribution in [-0.2, 0) is 14.8 Å². The van der Waals surface area contributed by atoms with Crippen molar-refractivity contribution in [1.82, 2.24) is 5.32 Å². The number of aliphatic carboxylic acids is 1. The number of carbonyl (C=O) groups is 2. The van der Waals surface area contributed by atoms with Gasteiger partial charge < -0.3 is 10.4 Å². The zero-order valence-electron chi connectivity index (χ0n) is 13.1. The molecule has 9 heteroatoms. The minimum atomic E-state index is -3.88. The van der Waals surface area contributed by atoms with E-state index in [9.17, 15) is 18.0 Å². The molecule has 0 spiro atoms. The molecule has 0 aromatic heterocycles. The molecule has 0 aliphatic carbocycles. The lowest BCUT2D eigenvalue weighted by Crippen LogP contribution is -2.29. The van der Waals surface area contributed by atoms with E-state index in [0.29, 0.717) is 0 Å². The average molecular weight is 383 g/mol. The molecule has 2 rings (SSSR count). The van der Waals surface area contributed by atoms with Crippen molar-refractivity contribution in [2.75, 3.05) is 11.3 Å². The second kappa shape index (κ2) is 7.54. The van der Waals surface area contributed by atoms with Crippen LogP contribution in [-0.4, -0.2) is 31.9 Å². The third-order valence-corrected chi connectivity index (χ3v) is 5.04. The summed E-state index contributed by atoms with van der Waals surface area (Å²) in [6.45, 7) is 1.29. The minimum Gasteiger partial charge on any atom is -0.480 e. The van der Waals surface area contributed by atoms with Gasteiger partial charge in [0.1, 0.15) is 11.4 Å². The highest BCUT2D eigenvalue weighted by atomic mass is 35.5. The molecule has 0 aliphatic heterocycles. The van der Waals surface area contributed by atoms with Gasteiger partial charge >= 0.3 is 5.97 Å². The van der Waals surface area contributed by atoms with Crippen molar-refractivity contribution in [2.45, 2.75) is 11.8 Å². The molecule has 0 atom stereocenters. The second-order valence-electron chi connectivity index (χ2n) is 5.19. The van der Waals surface area contributed by atoms with Crippen LogP contribution in [0.4, 0.5) is 5.69 Å². The highest BCUT2D eigenvalue weighted by molar-refractivity contribution is 7.92. The molecule has 2 aromatic carbocycles. The van der Waals surface area contributed by atoms with Crippen LogP contribution in [0, 0.1) is 6.92 Å². The zero-order valence-corrected chi connectivity index (χ0v) is 14.7. The topological polar surface area (TPSA) is 113 Å². The maximum Gasteiger partial charge on any atom is 0.322 e. The van der Waals surface area contributed by atoms with Gasteiger partial charge in [0, 0.05) is 11.3 Å². The smallest absolute Gasteiger partial charge is 0.322 e. The van der Waals surface area contributed by atoms with Gasteiger partial charge in [-0.25, -0.2) is 8.42 Å². The molecule has 0 radical (unpaired) electrons. The third-order valence-electron chi connectivity index (χ3n) is 3.18. The lowest BCUT2D eigenvalue weighted by atomic mass is 10.2. The first-order valence-corrected chi connectivity index (χ1v) is 8.94. The van der Waals surface area contributed by atoms with Gasteiger partial charge in [0.2, 0.25) is 0 Å². The van der Waals surface area contributed by atoms with Gasteiger partial charge in [-0.05, 0) is 48.9 Å². The fraction of sp³-hybridized carbons (Fsp3) is 0.125. The number of carboxylic acids is 1. The molecule has 132 valence electrons. The van der Waals surface area contributed by atoms with Crippen LogP contribution in [0.25, 0.3) is 0 Å². The molecule has 25 heavy (non-hydrogen) atoms. The molecule has 0 fully saturated rings. The van der Waals surface area contributed by atoms with Crippen LogP contribution >= 0.6 is 11.6 Å². The number of amides is 1. The highest BCUT2D eigenvalue weighted by Crippen LogP contribution is 2.24. The van der Waals surface area contributed by atoms with E-state index in [1.165, 1.54) is 30.3 Å². The van der Waals surface area contributed by atoms with Crippen LogP contribution in [0.1, 0.15) is 15.9 Å². The summed E-state index contributed by atoms with van der Waals surface area (Å²) in [7, 11) is -3.88. The molecule has 7 nitrogen and oxygen atoms in total. The van der Waals surface area contributed by atoms with E-state index >= 15 is 0 Å². The molecule has 1 amide bonds. The van der Waals surface area contributed by atoms with Crippen molar-refractivity contribution in [3.05, 3.63) is 58.6 Å². The summed E-state index contributed by atoms with van der Waals surface area (Å²) in [5.74, 6) is -1.73. The number of aryl methyl sites for hydroxylation is 1. The second-order valence-corrected chi connectivity index (χ2v) is 7.25. The van der Waals surface area contributed by atoms with Crippen molar-refractivity contribution in [3.63, 3.8) is 0 Å². The molecular weight excluding hydrogens is 368 g/mol. The summed E-state index contributed by atoms with van der Waals surface area (Å²) in [5.41, 5.74) is 1.28. The van der Waals surface area contributed by atoms with Crippen molar-refractivity contribution >= 4 is 39.2 Å². The summed E-state index contributed by atoms with van der Waals surface area (Å²) in [6, 6.07) is 10.2. The van der Waals surface area contributed by atoms with E-state index in [4.69, 9.17) is 16.7 Å². The first kappa shape index (κ1) is 18.8. The third kappa shape index (κ3) is 4.94. The van der Waals surface area contributed by atoms with Gasteiger partial charge in [-0.1, -0.05) is 17.7 Å². The predicted molar refractivity (Wildman–Crippen MR) is 93.4 cm³/mol. The molecule has 0 unspecified atom stereocenters. The summed E-state index contributed by atoms with van der Waals surface area (Å²) >= 11 is 5.99. The van der Waals surface area contributed by atoms with Crippen molar-refractivity contribution in [2.24, 2.45) is 0 Å². The Kier molecular flexibility index (Phi) is 5.66. The van der Waals surface area contributed by atoms with Gasteiger partial charge in [-0.3, -0.25) is 14.3 Å². The molecule has 0 saturated carbocycles. The largest absolute Gasteiger partial charge is 0.480 e. The van der Waals surface area contributed by atoms with E-state index in [1.807, 2.05) is 0 Å². The van der Waals surface area contributed by atoms with Crippen LogP contribution in [0.3, 0.4) is 0 Å². The zero-order chi connectivity index (χ0) is 18.6. The number of sulfonamides is 1. The Labute approximate surface area is 149 Å². The highest BCUT2D eigenvalue weighted by Gasteiger charge is 2.18. The minimum absolute atomic E-state index is 0.0527. The summed E-state index contributed by atoms with van der Waals surface area (Å²) < 4.78 is 27.2. The monoisotopic (exact) mass is 382 g/mol. The summed E-state index contributed by atoms with van der Waals surface area (Å²) in [5, 5.41) is 10.8. The van der Waals surface area contributed by atoms with E-state index in [1.54, 1.807) is 19.1 Å². The number of anilines is 1. The lowest BCUT2D eigenvalue weighted by molar-refractivity contribution is -0.135. The maximum atomic E-state index is 12.4. The quantitative estimate of drug-likeness (QED) is 0.709. The molecule has 0 saturated heterocycles. The van der Waals surface area contributed by atoms with E-state index < -0.39 is 28.4 Å². The van der Waals surface area contributed by atoms with Crippen LogP contribution in [0.2, 0.25) is 5.02 Å². The van der Waals surface area contributed by atoms with Gasteiger partial charge in [0.25, 0.3) is 15.9 Å². The Morgan fingerprint density at radius 2 is 1.76 bits per heavy atom. The number of hydrogen-bond donors (Lipinski definition) is 3. The number of rotatable bonds is 6. The number of nitrogens with one attached hydrogen (secondary N) is 2. The van der Waals surface area contributed by atoms with E-state index in [0.717, 1.165) is 5.56 Å². The van der Waals surface area contributed by atoms with Crippen LogP contribution < -0.4 is 10.0 Å². The first-order chi connectivity index (χ1) is 11.7. The van der Waals surface area contributed by atoms with Gasteiger partial charge in [0.15, 0.2) is 0 Å². The first-order valence-electron chi connectivity index (χ1n) is 7.08. The van der Waals surface area contributed by atoms with Gasteiger partial charge in [-0.2, -0.15) is 0 Å². The Bertz CT molecular complexity index is 911. The molecule has 3 N–H and O–H groups in total. The van der Waals surface area contributed by atoms with Gasteiger partial charge in [-0.15, -0.1) is 0 Å². The SMILES string of the molecule is Cc1ccc(S(=O)(=O)Nc2ccc(C(=O)NCC(=O)O)cc2)c(Cl)c1. The van der Waals surface area contributed by atoms with E-state index in [2.05, 4.69) is 10.0 Å². The fourth-order valence-corrected chi connectivity index (χ4v) is 3.64. The Hall–Kier alpha value is -2.58. The van der Waals surface area contributed by atoms with E-state index in [-0.39, 0.29) is 21.2 Å². The molecule has 2 aromatic rings. The van der Waals surface area contributed by atoms with Crippen molar-refractivity contribution < 1.29 is 23.1 Å². The molecular formula is C16H15ClN2O5S. The number of hydrogen-bond acceptors (Lipinski definition) is 4. The summed E-state index contributed by atoms with van der Waals surface area (Å²) in [6.07, 6.45) is 0. The molecule has 0 aliphatic rings. The van der Waals surface area contributed by atoms with Crippen molar-refractivity contribution in [1.29, 1.82) is 0 Å². The Morgan fingerprint density at radius 3 is 2.32 bits per heavy atom. The fourth-order valence-electron chi connectivity index (χ4n) is 1.98. The standard InChI is InChI=1S/C16H15ClN2O5S/c1-10-2-7-14(13(17)8-10)25(23,24)19-12-5-3-11(4-6-12)16(22)18-9-15(20)21/h2-8,19H,9H2,1H3,(H,18,22)(H,20,21).